The molecule has 0 atom stereocenters. The zero-order chi connectivity index (χ0) is 9.52. The molecule has 76 valence electrons. The van der Waals surface area contributed by atoms with E-state index < -0.39 is 0 Å². The van der Waals surface area contributed by atoms with E-state index in [4.69, 9.17) is 0 Å². The first-order chi connectivity index (χ1) is 6.38. The van der Waals surface area contributed by atoms with Gasteiger partial charge in [0.25, 0.3) is 0 Å². The maximum Gasteiger partial charge on any atom is 0.0972 e. The molecule has 2 heteroatoms. The Morgan fingerprint density at radius 2 is 2.15 bits per heavy atom. The average molecular weight is 182 g/mol. The lowest BCUT2D eigenvalue weighted by atomic mass is 10.3. The molecule has 0 radical (unpaired) electrons. The van der Waals surface area contributed by atoms with Crippen LogP contribution in [0.1, 0.15) is 39.5 Å². The molecule has 1 aliphatic heterocycles. The van der Waals surface area contributed by atoms with Crippen molar-refractivity contribution in [1.29, 1.82) is 0 Å². The molecular formula is C11H22N2. The SMILES string of the molecule is CCCCN(CCC)C1=CCCN1. The standard InChI is InChI=1S/C11H22N2/c1-3-5-10-13(9-4-2)11-7-6-8-12-11/h7,12H,3-6,8-10H2,1-2H3. The van der Waals surface area contributed by atoms with Crippen LogP contribution < -0.4 is 5.32 Å². The van der Waals surface area contributed by atoms with Gasteiger partial charge in [-0.05, 0) is 25.3 Å². The Hall–Kier alpha value is -0.660. The van der Waals surface area contributed by atoms with Crippen LogP contribution in [0.25, 0.3) is 0 Å². The largest absolute Gasteiger partial charge is 0.372 e. The molecule has 0 aromatic heterocycles. The van der Waals surface area contributed by atoms with Crippen LogP contribution in [0.3, 0.4) is 0 Å². The van der Waals surface area contributed by atoms with E-state index in [9.17, 15) is 0 Å². The third-order valence-corrected chi connectivity index (χ3v) is 2.40. The number of hydrogen-bond acceptors (Lipinski definition) is 2. The Kier molecular flexibility index (Phi) is 4.73. The van der Waals surface area contributed by atoms with Crippen molar-refractivity contribution in [3.63, 3.8) is 0 Å². The number of nitrogens with one attached hydrogen (secondary N) is 1. The van der Waals surface area contributed by atoms with Crippen LogP contribution in [-0.4, -0.2) is 24.5 Å². The molecule has 0 unspecified atom stereocenters. The second kappa shape index (κ2) is 5.90. The Morgan fingerprint density at radius 3 is 2.69 bits per heavy atom. The van der Waals surface area contributed by atoms with Gasteiger partial charge in [0.2, 0.25) is 0 Å². The summed E-state index contributed by atoms with van der Waals surface area (Å²) in [7, 11) is 0. The molecule has 0 aliphatic carbocycles. The summed E-state index contributed by atoms with van der Waals surface area (Å²) in [5.41, 5.74) is 0. The van der Waals surface area contributed by atoms with Gasteiger partial charge < -0.3 is 10.2 Å². The van der Waals surface area contributed by atoms with Gasteiger partial charge in [-0.3, -0.25) is 0 Å². The fraction of sp³-hybridized carbons (Fsp3) is 0.818. The molecule has 1 N–H and O–H groups in total. The zero-order valence-electron chi connectivity index (χ0n) is 8.97. The van der Waals surface area contributed by atoms with E-state index in [-0.39, 0.29) is 0 Å². The molecule has 0 aromatic carbocycles. The number of nitrogens with zero attached hydrogens (tertiary/aromatic N) is 1. The van der Waals surface area contributed by atoms with Crippen molar-refractivity contribution in [1.82, 2.24) is 10.2 Å². The quantitative estimate of drug-likeness (QED) is 0.678. The van der Waals surface area contributed by atoms with Crippen LogP contribution >= 0.6 is 0 Å². The molecule has 0 bridgehead atoms. The van der Waals surface area contributed by atoms with Gasteiger partial charge in [0.15, 0.2) is 0 Å². The van der Waals surface area contributed by atoms with Crippen LogP contribution in [0.2, 0.25) is 0 Å². The normalized spacial score (nSPS) is 15.4. The van der Waals surface area contributed by atoms with Gasteiger partial charge in [-0.1, -0.05) is 20.3 Å². The molecule has 0 saturated carbocycles. The fourth-order valence-electron chi connectivity index (χ4n) is 1.69. The molecule has 0 saturated heterocycles. The summed E-state index contributed by atoms with van der Waals surface area (Å²) in [5.74, 6) is 1.37. The van der Waals surface area contributed by atoms with E-state index >= 15 is 0 Å². The highest BCUT2D eigenvalue weighted by atomic mass is 15.2. The lowest BCUT2D eigenvalue weighted by Crippen LogP contribution is -2.31. The van der Waals surface area contributed by atoms with Gasteiger partial charge in [-0.25, -0.2) is 0 Å². The Balaban J connectivity index is 2.36. The zero-order valence-corrected chi connectivity index (χ0v) is 8.97. The smallest absolute Gasteiger partial charge is 0.0972 e. The summed E-state index contributed by atoms with van der Waals surface area (Å²) >= 11 is 0. The van der Waals surface area contributed by atoms with Crippen molar-refractivity contribution >= 4 is 0 Å². The Morgan fingerprint density at radius 1 is 1.31 bits per heavy atom. The summed E-state index contributed by atoms with van der Waals surface area (Å²) in [6, 6.07) is 0. The number of hydrogen-bond donors (Lipinski definition) is 1. The van der Waals surface area contributed by atoms with Gasteiger partial charge in [0.1, 0.15) is 0 Å². The summed E-state index contributed by atoms with van der Waals surface area (Å²) in [6.45, 7) is 8.03. The molecule has 0 aromatic rings. The Labute approximate surface area is 82.0 Å². The van der Waals surface area contributed by atoms with Crippen LogP contribution in [-0.2, 0) is 0 Å². The molecule has 0 spiro atoms. The number of rotatable bonds is 6. The van der Waals surface area contributed by atoms with Crippen molar-refractivity contribution in [2.75, 3.05) is 19.6 Å². The molecule has 13 heavy (non-hydrogen) atoms. The van der Waals surface area contributed by atoms with Gasteiger partial charge >= 0.3 is 0 Å². The first-order valence-corrected chi connectivity index (χ1v) is 5.57. The molecule has 1 heterocycles. The lowest BCUT2D eigenvalue weighted by Gasteiger charge is -2.25. The second-order valence-corrected chi connectivity index (χ2v) is 3.65. The van der Waals surface area contributed by atoms with Crippen molar-refractivity contribution in [3.05, 3.63) is 11.9 Å². The maximum absolute atomic E-state index is 3.44. The van der Waals surface area contributed by atoms with Crippen molar-refractivity contribution < 1.29 is 0 Å². The van der Waals surface area contributed by atoms with Crippen LogP contribution in [0.5, 0.6) is 0 Å². The summed E-state index contributed by atoms with van der Waals surface area (Å²) in [5, 5.41) is 3.44. The highest BCUT2D eigenvalue weighted by Gasteiger charge is 2.10. The molecule has 2 nitrogen and oxygen atoms in total. The maximum atomic E-state index is 3.44. The van der Waals surface area contributed by atoms with Crippen LogP contribution in [0, 0.1) is 0 Å². The van der Waals surface area contributed by atoms with E-state index in [2.05, 4.69) is 30.1 Å². The molecule has 1 aliphatic rings. The predicted octanol–water partition coefficient (Wildman–Crippen LogP) is 2.33. The van der Waals surface area contributed by atoms with E-state index in [0.717, 1.165) is 6.54 Å². The van der Waals surface area contributed by atoms with Crippen molar-refractivity contribution in [3.8, 4) is 0 Å². The lowest BCUT2D eigenvalue weighted by molar-refractivity contribution is 0.321. The Bertz CT molecular complexity index is 163. The average Bonchev–Trinajstić information content (AvgIpc) is 2.65. The van der Waals surface area contributed by atoms with E-state index in [1.165, 1.54) is 44.6 Å². The number of unbranched alkanes of at least 4 members (excludes halogenated alkanes) is 1. The van der Waals surface area contributed by atoms with E-state index in [1.807, 2.05) is 0 Å². The van der Waals surface area contributed by atoms with Crippen molar-refractivity contribution in [2.24, 2.45) is 0 Å². The van der Waals surface area contributed by atoms with Crippen LogP contribution in [0.15, 0.2) is 11.9 Å². The third kappa shape index (κ3) is 3.29. The minimum atomic E-state index is 1.13. The minimum Gasteiger partial charge on any atom is -0.372 e. The first kappa shape index (κ1) is 10.4. The highest BCUT2D eigenvalue weighted by Crippen LogP contribution is 2.09. The highest BCUT2D eigenvalue weighted by molar-refractivity contribution is 5.04. The van der Waals surface area contributed by atoms with Crippen LogP contribution in [0.4, 0.5) is 0 Å². The second-order valence-electron chi connectivity index (χ2n) is 3.65. The summed E-state index contributed by atoms with van der Waals surface area (Å²) < 4.78 is 0. The van der Waals surface area contributed by atoms with Gasteiger partial charge in [0.05, 0.1) is 5.82 Å². The van der Waals surface area contributed by atoms with Crippen molar-refractivity contribution in [2.45, 2.75) is 39.5 Å². The molecule has 0 fully saturated rings. The van der Waals surface area contributed by atoms with E-state index in [1.54, 1.807) is 0 Å². The monoisotopic (exact) mass is 182 g/mol. The van der Waals surface area contributed by atoms with Gasteiger partial charge in [-0.2, -0.15) is 0 Å². The molecule has 0 amide bonds. The van der Waals surface area contributed by atoms with E-state index in [0.29, 0.717) is 0 Å². The first-order valence-electron chi connectivity index (χ1n) is 5.57. The summed E-state index contributed by atoms with van der Waals surface area (Å²) in [6.07, 6.45) is 7.35. The molecule has 1 rings (SSSR count). The predicted molar refractivity (Wildman–Crippen MR) is 57.5 cm³/mol. The van der Waals surface area contributed by atoms with Gasteiger partial charge in [-0.15, -0.1) is 0 Å². The van der Waals surface area contributed by atoms with Gasteiger partial charge in [0, 0.05) is 19.6 Å². The minimum absolute atomic E-state index is 1.13. The third-order valence-electron chi connectivity index (χ3n) is 2.40. The fourth-order valence-corrected chi connectivity index (χ4v) is 1.69. The molecular weight excluding hydrogens is 160 g/mol. The topological polar surface area (TPSA) is 15.3 Å². The summed E-state index contributed by atoms with van der Waals surface area (Å²) in [4.78, 5) is 2.48.